The highest BCUT2D eigenvalue weighted by atomic mass is 16.4. The maximum atomic E-state index is 11.4. The molecule has 2 unspecified atom stereocenters. The van der Waals surface area contributed by atoms with Crippen LogP contribution in [-0.2, 0) is 4.79 Å². The molecule has 2 heteroatoms. The highest BCUT2D eigenvalue weighted by Crippen LogP contribution is 2.26. The van der Waals surface area contributed by atoms with Crippen LogP contribution in [0.2, 0.25) is 0 Å². The van der Waals surface area contributed by atoms with Crippen LogP contribution in [0.25, 0.3) is 0 Å². The van der Waals surface area contributed by atoms with Gasteiger partial charge in [0.05, 0.1) is 5.92 Å². The zero-order chi connectivity index (χ0) is 15.2. The molecular formula is C18H36O2. The van der Waals surface area contributed by atoms with Crippen molar-refractivity contribution in [2.45, 2.75) is 97.8 Å². The van der Waals surface area contributed by atoms with Crippen LogP contribution in [0.1, 0.15) is 97.8 Å². The Morgan fingerprint density at radius 2 is 1.35 bits per heavy atom. The lowest BCUT2D eigenvalue weighted by molar-refractivity contribution is -0.144. The summed E-state index contributed by atoms with van der Waals surface area (Å²) in [6.07, 6.45) is 14.3. The molecule has 0 aliphatic rings. The molecule has 0 bridgehead atoms. The van der Waals surface area contributed by atoms with E-state index in [9.17, 15) is 9.90 Å². The minimum absolute atomic E-state index is 0.111. The molecule has 2 atom stereocenters. The molecule has 0 aromatic heterocycles. The van der Waals surface area contributed by atoms with Gasteiger partial charge in [-0.05, 0) is 18.8 Å². The first-order chi connectivity index (χ1) is 9.67. The molecule has 0 aromatic rings. The van der Waals surface area contributed by atoms with Crippen molar-refractivity contribution in [1.29, 1.82) is 0 Å². The molecule has 0 amide bonds. The van der Waals surface area contributed by atoms with Crippen LogP contribution in [0.4, 0.5) is 0 Å². The molecule has 0 rings (SSSR count). The summed E-state index contributed by atoms with van der Waals surface area (Å²) in [4.78, 5) is 11.4. The summed E-state index contributed by atoms with van der Waals surface area (Å²) >= 11 is 0. The fraction of sp³-hybridized carbons (Fsp3) is 0.944. The first-order valence-electron chi connectivity index (χ1n) is 8.90. The molecule has 0 saturated heterocycles. The average Bonchev–Trinajstić information content (AvgIpc) is 2.43. The summed E-state index contributed by atoms with van der Waals surface area (Å²) < 4.78 is 0. The standard InChI is InChI=1S/C18H36O2/c1-4-7-8-9-10-11-12-13-15-17(18(19)20)16(6-3)14-5-2/h16-17H,4-15H2,1-3H3,(H,19,20). The van der Waals surface area contributed by atoms with Crippen LogP contribution in [0.15, 0.2) is 0 Å². The van der Waals surface area contributed by atoms with Crippen molar-refractivity contribution in [2.24, 2.45) is 11.8 Å². The topological polar surface area (TPSA) is 37.3 Å². The Hall–Kier alpha value is -0.530. The van der Waals surface area contributed by atoms with Gasteiger partial charge in [-0.2, -0.15) is 0 Å². The van der Waals surface area contributed by atoms with Crippen molar-refractivity contribution in [2.75, 3.05) is 0 Å². The average molecular weight is 284 g/mol. The number of aliphatic carboxylic acids is 1. The molecule has 0 heterocycles. The molecular weight excluding hydrogens is 248 g/mol. The number of hydrogen-bond donors (Lipinski definition) is 1. The monoisotopic (exact) mass is 284 g/mol. The summed E-state index contributed by atoms with van der Waals surface area (Å²) in [6.45, 7) is 6.52. The fourth-order valence-corrected chi connectivity index (χ4v) is 3.12. The van der Waals surface area contributed by atoms with Crippen LogP contribution in [-0.4, -0.2) is 11.1 Å². The van der Waals surface area contributed by atoms with Crippen LogP contribution in [0, 0.1) is 11.8 Å². The highest BCUT2D eigenvalue weighted by Gasteiger charge is 2.25. The van der Waals surface area contributed by atoms with Crippen molar-refractivity contribution in [3.63, 3.8) is 0 Å². The van der Waals surface area contributed by atoms with Gasteiger partial charge in [0.2, 0.25) is 0 Å². The molecule has 1 N–H and O–H groups in total. The van der Waals surface area contributed by atoms with Gasteiger partial charge in [0, 0.05) is 0 Å². The van der Waals surface area contributed by atoms with E-state index in [0.29, 0.717) is 5.92 Å². The van der Waals surface area contributed by atoms with Gasteiger partial charge in [-0.15, -0.1) is 0 Å². The second kappa shape index (κ2) is 13.5. The number of unbranched alkanes of at least 4 members (excludes halogenated alkanes) is 7. The Balaban J connectivity index is 3.78. The molecule has 0 aromatic carbocycles. The number of carboxylic acid groups (broad SMARTS) is 1. The first kappa shape index (κ1) is 19.5. The van der Waals surface area contributed by atoms with E-state index in [2.05, 4.69) is 20.8 Å². The number of carbonyl (C=O) groups is 1. The first-order valence-corrected chi connectivity index (χ1v) is 8.90. The molecule has 0 spiro atoms. The zero-order valence-electron chi connectivity index (χ0n) is 14.0. The third-order valence-electron chi connectivity index (χ3n) is 4.44. The summed E-state index contributed by atoms with van der Waals surface area (Å²) in [7, 11) is 0. The second-order valence-electron chi connectivity index (χ2n) is 6.17. The van der Waals surface area contributed by atoms with Crippen molar-refractivity contribution >= 4 is 5.97 Å². The Bertz CT molecular complexity index is 225. The third-order valence-corrected chi connectivity index (χ3v) is 4.44. The van der Waals surface area contributed by atoms with Crippen LogP contribution < -0.4 is 0 Å². The minimum atomic E-state index is -0.576. The predicted octanol–water partition coefficient (Wildman–Crippen LogP) is 6.04. The Morgan fingerprint density at radius 1 is 0.800 bits per heavy atom. The van der Waals surface area contributed by atoms with Crippen LogP contribution >= 0.6 is 0 Å². The molecule has 20 heavy (non-hydrogen) atoms. The molecule has 120 valence electrons. The van der Waals surface area contributed by atoms with E-state index in [-0.39, 0.29) is 5.92 Å². The van der Waals surface area contributed by atoms with E-state index in [1.807, 2.05) is 0 Å². The van der Waals surface area contributed by atoms with Crippen molar-refractivity contribution in [3.05, 3.63) is 0 Å². The van der Waals surface area contributed by atoms with E-state index < -0.39 is 5.97 Å². The van der Waals surface area contributed by atoms with Gasteiger partial charge in [-0.3, -0.25) is 4.79 Å². The van der Waals surface area contributed by atoms with E-state index in [1.165, 1.54) is 44.9 Å². The number of hydrogen-bond acceptors (Lipinski definition) is 1. The number of carboxylic acids is 1. The van der Waals surface area contributed by atoms with Gasteiger partial charge in [0.1, 0.15) is 0 Å². The summed E-state index contributed by atoms with van der Waals surface area (Å²) in [6, 6.07) is 0. The lowest BCUT2D eigenvalue weighted by Gasteiger charge is -2.22. The van der Waals surface area contributed by atoms with E-state index >= 15 is 0 Å². The lowest BCUT2D eigenvalue weighted by atomic mass is 9.83. The lowest BCUT2D eigenvalue weighted by Crippen LogP contribution is -2.23. The van der Waals surface area contributed by atoms with Crippen LogP contribution in [0.3, 0.4) is 0 Å². The van der Waals surface area contributed by atoms with Gasteiger partial charge < -0.3 is 5.11 Å². The fourth-order valence-electron chi connectivity index (χ4n) is 3.12. The Morgan fingerprint density at radius 3 is 1.80 bits per heavy atom. The molecule has 2 nitrogen and oxygen atoms in total. The second-order valence-corrected chi connectivity index (χ2v) is 6.17. The summed E-state index contributed by atoms with van der Waals surface area (Å²) in [5.74, 6) is -0.310. The summed E-state index contributed by atoms with van der Waals surface area (Å²) in [5.41, 5.74) is 0. The van der Waals surface area contributed by atoms with Gasteiger partial charge in [0.25, 0.3) is 0 Å². The Labute approximate surface area is 126 Å². The van der Waals surface area contributed by atoms with Crippen molar-refractivity contribution in [1.82, 2.24) is 0 Å². The maximum Gasteiger partial charge on any atom is 0.306 e. The molecule has 0 aliphatic heterocycles. The highest BCUT2D eigenvalue weighted by molar-refractivity contribution is 5.70. The largest absolute Gasteiger partial charge is 0.481 e. The van der Waals surface area contributed by atoms with Gasteiger partial charge in [-0.25, -0.2) is 0 Å². The van der Waals surface area contributed by atoms with Gasteiger partial charge in [-0.1, -0.05) is 85.0 Å². The number of rotatable bonds is 14. The third kappa shape index (κ3) is 9.39. The zero-order valence-corrected chi connectivity index (χ0v) is 14.0. The summed E-state index contributed by atoms with van der Waals surface area (Å²) in [5, 5.41) is 9.40. The SMILES string of the molecule is CCCCCCCCCCC(C(=O)O)C(CC)CCC. The van der Waals surface area contributed by atoms with E-state index in [4.69, 9.17) is 0 Å². The molecule has 0 fully saturated rings. The predicted molar refractivity (Wildman–Crippen MR) is 87.0 cm³/mol. The molecule has 0 aliphatic carbocycles. The molecule has 0 radical (unpaired) electrons. The van der Waals surface area contributed by atoms with E-state index in [0.717, 1.165) is 32.1 Å². The van der Waals surface area contributed by atoms with Gasteiger partial charge >= 0.3 is 5.97 Å². The quantitative estimate of drug-likeness (QED) is 0.394. The normalized spacial score (nSPS) is 14.2. The van der Waals surface area contributed by atoms with Crippen molar-refractivity contribution in [3.8, 4) is 0 Å². The molecule has 0 saturated carbocycles. The van der Waals surface area contributed by atoms with Crippen molar-refractivity contribution < 1.29 is 9.90 Å². The maximum absolute atomic E-state index is 11.4. The van der Waals surface area contributed by atoms with Gasteiger partial charge in [0.15, 0.2) is 0 Å². The Kier molecular flexibility index (Phi) is 13.1. The van der Waals surface area contributed by atoms with Crippen LogP contribution in [0.5, 0.6) is 0 Å². The van der Waals surface area contributed by atoms with E-state index in [1.54, 1.807) is 0 Å². The smallest absolute Gasteiger partial charge is 0.306 e. The minimum Gasteiger partial charge on any atom is -0.481 e.